The van der Waals surface area contributed by atoms with Crippen LogP contribution in [0.2, 0.25) is 0 Å². The largest absolute Gasteiger partial charge is 0.465 e. The molecule has 1 aliphatic rings. The number of aryl methyl sites for hydroxylation is 1. The highest BCUT2D eigenvalue weighted by Crippen LogP contribution is 2.27. The molecule has 1 aromatic carbocycles. The fourth-order valence-corrected chi connectivity index (χ4v) is 3.56. The zero-order chi connectivity index (χ0) is 21.1. The average molecular weight is 404 g/mol. The Bertz CT molecular complexity index is 870. The maximum atomic E-state index is 11.3. The van der Waals surface area contributed by atoms with E-state index in [2.05, 4.69) is 26.5 Å². The lowest BCUT2D eigenvalue weighted by Gasteiger charge is -2.38. The van der Waals surface area contributed by atoms with Crippen LogP contribution in [0.1, 0.15) is 35.5 Å². The molecule has 1 saturated heterocycles. The van der Waals surface area contributed by atoms with Crippen LogP contribution in [0.3, 0.4) is 0 Å². The molecule has 3 rings (SSSR count). The van der Waals surface area contributed by atoms with E-state index in [1.165, 1.54) is 4.90 Å². The molecule has 29 heavy (non-hydrogen) atoms. The number of nitrogens with one attached hydrogen (secondary N) is 1. The Morgan fingerprint density at radius 3 is 2.79 bits per heavy atom. The molecule has 0 saturated carbocycles. The topological polar surface area (TPSA) is 141 Å². The zero-order valence-electron chi connectivity index (χ0n) is 16.9. The van der Waals surface area contributed by atoms with E-state index in [9.17, 15) is 9.90 Å². The van der Waals surface area contributed by atoms with Crippen molar-refractivity contribution in [3.63, 3.8) is 0 Å². The van der Waals surface area contributed by atoms with Crippen molar-refractivity contribution in [3.05, 3.63) is 34.7 Å². The fraction of sp³-hybridized carbons (Fsp3) is 0.526. The van der Waals surface area contributed by atoms with Crippen molar-refractivity contribution < 1.29 is 19.4 Å². The lowest BCUT2D eigenvalue weighted by Crippen LogP contribution is -2.53. The van der Waals surface area contributed by atoms with Gasteiger partial charge in [0.25, 0.3) is 0 Å². The third kappa shape index (κ3) is 4.84. The molecular formula is C19H28N6O4. The number of hydrogen-bond acceptors (Lipinski definition) is 8. The minimum Gasteiger partial charge on any atom is -0.465 e. The predicted octanol–water partition coefficient (Wildman–Crippen LogP) is 1.61. The molecule has 158 valence electrons. The third-order valence-electron chi connectivity index (χ3n) is 5.21. The Labute approximate surface area is 169 Å². The average Bonchev–Trinajstić information content (AvgIpc) is 3.13. The number of hydrogen-bond donors (Lipinski definition) is 4. The van der Waals surface area contributed by atoms with E-state index in [1.54, 1.807) is 0 Å². The smallest absolute Gasteiger partial charge is 0.407 e. The van der Waals surface area contributed by atoms with Crippen molar-refractivity contribution in [2.75, 3.05) is 31.6 Å². The van der Waals surface area contributed by atoms with Crippen LogP contribution in [0.4, 0.5) is 16.5 Å². The maximum absolute atomic E-state index is 11.3. The first kappa shape index (κ1) is 21.0. The van der Waals surface area contributed by atoms with Crippen LogP contribution in [0.25, 0.3) is 0 Å². The van der Waals surface area contributed by atoms with E-state index >= 15 is 0 Å². The minimum atomic E-state index is -0.866. The second kappa shape index (κ2) is 8.76. The summed E-state index contributed by atoms with van der Waals surface area (Å²) in [5.74, 6) is 0.172. The van der Waals surface area contributed by atoms with Crippen molar-refractivity contribution in [2.24, 2.45) is 5.73 Å². The Hall–Kier alpha value is -2.69. The molecule has 2 atom stereocenters. The summed E-state index contributed by atoms with van der Waals surface area (Å²) in [7, 11) is 0. The van der Waals surface area contributed by atoms with Crippen LogP contribution in [-0.4, -0.2) is 68.6 Å². The highest BCUT2D eigenvalue weighted by molar-refractivity contribution is 5.65. The lowest BCUT2D eigenvalue weighted by molar-refractivity contribution is 0.0710. The molecule has 0 aliphatic carbocycles. The molecule has 5 N–H and O–H groups in total. The van der Waals surface area contributed by atoms with Crippen molar-refractivity contribution in [1.82, 2.24) is 20.0 Å². The standard InChI is InChI=1S/C19H28N6O4/c1-11-6-14(9-24-4-5-25(19(27)28)12(2)8-24)13(3)16(7-11)21-18-23-22-17(29-18)15(20)10-26/h6-7,12,15,26H,4-5,8-10,20H2,1-3H3,(H,21,23)(H,27,28)/t12-,15?/m0/s1. The quantitative estimate of drug-likeness (QED) is 0.565. The van der Waals surface area contributed by atoms with Crippen LogP contribution in [0, 0.1) is 13.8 Å². The summed E-state index contributed by atoms with van der Waals surface area (Å²) in [5, 5.41) is 29.3. The number of benzene rings is 1. The van der Waals surface area contributed by atoms with Gasteiger partial charge in [-0.2, -0.15) is 0 Å². The third-order valence-corrected chi connectivity index (χ3v) is 5.21. The van der Waals surface area contributed by atoms with Gasteiger partial charge in [0, 0.05) is 37.9 Å². The molecule has 2 aromatic rings. The Balaban J connectivity index is 1.74. The molecule has 1 aromatic heterocycles. The molecule has 1 unspecified atom stereocenters. The number of nitrogens with two attached hydrogens (primary N) is 1. The van der Waals surface area contributed by atoms with Crippen molar-refractivity contribution in [3.8, 4) is 0 Å². The van der Waals surface area contributed by atoms with Crippen LogP contribution < -0.4 is 11.1 Å². The summed E-state index contributed by atoms with van der Waals surface area (Å²) in [6.45, 7) is 8.30. The number of amides is 1. The van der Waals surface area contributed by atoms with Gasteiger partial charge >= 0.3 is 12.1 Å². The van der Waals surface area contributed by atoms with Gasteiger partial charge in [-0.05, 0) is 43.5 Å². The van der Waals surface area contributed by atoms with Crippen molar-refractivity contribution in [1.29, 1.82) is 0 Å². The highest BCUT2D eigenvalue weighted by atomic mass is 16.4. The number of aliphatic hydroxyl groups excluding tert-OH is 1. The first-order valence-electron chi connectivity index (χ1n) is 9.57. The summed E-state index contributed by atoms with van der Waals surface area (Å²) < 4.78 is 5.48. The van der Waals surface area contributed by atoms with Crippen molar-refractivity contribution in [2.45, 2.75) is 39.4 Å². The van der Waals surface area contributed by atoms with Gasteiger partial charge in [-0.25, -0.2) is 4.79 Å². The Morgan fingerprint density at radius 2 is 2.14 bits per heavy atom. The summed E-state index contributed by atoms with van der Waals surface area (Å²) in [4.78, 5) is 15.0. The maximum Gasteiger partial charge on any atom is 0.407 e. The number of aliphatic hydroxyl groups is 1. The second-order valence-electron chi connectivity index (χ2n) is 7.52. The second-order valence-corrected chi connectivity index (χ2v) is 7.52. The number of rotatable bonds is 6. The number of nitrogens with zero attached hydrogens (tertiary/aromatic N) is 4. The van der Waals surface area contributed by atoms with Crippen LogP contribution >= 0.6 is 0 Å². The van der Waals surface area contributed by atoms with E-state index in [4.69, 9.17) is 15.3 Å². The summed E-state index contributed by atoms with van der Waals surface area (Å²) in [6.07, 6.45) is -0.866. The highest BCUT2D eigenvalue weighted by Gasteiger charge is 2.27. The SMILES string of the molecule is Cc1cc(CN2CCN(C(=O)O)[C@@H](C)C2)c(C)c(Nc2nnc(C(N)CO)o2)c1. The van der Waals surface area contributed by atoms with E-state index in [0.717, 1.165) is 28.9 Å². The summed E-state index contributed by atoms with van der Waals surface area (Å²) in [6, 6.07) is 3.59. The van der Waals surface area contributed by atoms with Gasteiger partial charge < -0.3 is 30.6 Å². The normalized spacial score (nSPS) is 18.7. The predicted molar refractivity (Wildman–Crippen MR) is 107 cm³/mol. The molecular weight excluding hydrogens is 376 g/mol. The number of piperazine rings is 1. The van der Waals surface area contributed by atoms with Gasteiger partial charge in [-0.15, -0.1) is 5.10 Å². The van der Waals surface area contributed by atoms with E-state index < -0.39 is 12.1 Å². The molecule has 2 heterocycles. The fourth-order valence-electron chi connectivity index (χ4n) is 3.56. The number of carboxylic acid groups (broad SMARTS) is 1. The molecule has 0 spiro atoms. The van der Waals surface area contributed by atoms with Gasteiger partial charge in [-0.1, -0.05) is 11.2 Å². The molecule has 10 heteroatoms. The Morgan fingerprint density at radius 1 is 1.38 bits per heavy atom. The molecule has 1 fully saturated rings. The minimum absolute atomic E-state index is 0.0449. The van der Waals surface area contributed by atoms with Gasteiger partial charge in [0.1, 0.15) is 6.04 Å². The van der Waals surface area contributed by atoms with Crippen LogP contribution in [0.15, 0.2) is 16.5 Å². The summed E-state index contributed by atoms with van der Waals surface area (Å²) in [5.41, 5.74) is 9.84. The van der Waals surface area contributed by atoms with E-state index in [-0.39, 0.29) is 24.6 Å². The molecule has 1 aliphatic heterocycles. The van der Waals surface area contributed by atoms with Crippen LogP contribution in [0.5, 0.6) is 0 Å². The Kier molecular flexibility index (Phi) is 6.36. The van der Waals surface area contributed by atoms with Gasteiger partial charge in [-0.3, -0.25) is 4.90 Å². The molecule has 0 radical (unpaired) electrons. The summed E-state index contributed by atoms with van der Waals surface area (Å²) >= 11 is 0. The number of anilines is 2. The van der Waals surface area contributed by atoms with Crippen molar-refractivity contribution >= 4 is 17.8 Å². The van der Waals surface area contributed by atoms with E-state index in [0.29, 0.717) is 19.6 Å². The van der Waals surface area contributed by atoms with Gasteiger partial charge in [0.15, 0.2) is 0 Å². The number of carbonyl (C=O) groups is 1. The molecule has 10 nitrogen and oxygen atoms in total. The molecule has 0 bridgehead atoms. The van der Waals surface area contributed by atoms with Gasteiger partial charge in [0.05, 0.1) is 6.61 Å². The molecule has 1 amide bonds. The van der Waals surface area contributed by atoms with Crippen LogP contribution in [-0.2, 0) is 6.54 Å². The monoisotopic (exact) mass is 404 g/mol. The first-order chi connectivity index (χ1) is 13.8. The van der Waals surface area contributed by atoms with E-state index in [1.807, 2.05) is 26.8 Å². The lowest BCUT2D eigenvalue weighted by atomic mass is 10.0. The first-order valence-corrected chi connectivity index (χ1v) is 9.57. The number of aromatic nitrogens is 2. The van der Waals surface area contributed by atoms with Gasteiger partial charge in [0.2, 0.25) is 5.89 Å². The zero-order valence-corrected chi connectivity index (χ0v) is 16.9.